The van der Waals surface area contributed by atoms with E-state index in [1.165, 1.54) is 51.4 Å². The first-order chi connectivity index (χ1) is 7.56. The minimum atomic E-state index is -0.718. The quantitative estimate of drug-likeness (QED) is 0.336. The molecule has 0 rings (SSSR count). The molecule has 16 heavy (non-hydrogen) atoms. The van der Waals surface area contributed by atoms with Crippen molar-refractivity contribution in [3.8, 4) is 0 Å². The zero-order chi connectivity index (χ0) is 12.3. The molecule has 0 aliphatic rings. The summed E-state index contributed by atoms with van der Waals surface area (Å²) in [5, 5.41) is 11.3. The van der Waals surface area contributed by atoms with E-state index in [1.54, 1.807) is 13.8 Å². The monoisotopic (exact) mass is 225 g/mol. The van der Waals surface area contributed by atoms with Crippen molar-refractivity contribution in [3.63, 3.8) is 0 Å². The molecule has 0 bridgehead atoms. The largest absolute Gasteiger partial charge is 0.230 e. The van der Waals surface area contributed by atoms with E-state index in [0.717, 1.165) is 12.8 Å². The molecule has 0 aliphatic heterocycles. The smallest absolute Gasteiger partial charge is 0.0980 e. The molecule has 0 spiro atoms. The highest BCUT2D eigenvalue weighted by atomic mass is 16.3. The van der Waals surface area contributed by atoms with Crippen LogP contribution in [-0.2, 0) is 5.11 Å². The number of unbranched alkanes of at least 4 members (excludes halogenated alkanes) is 8. The summed E-state index contributed by atoms with van der Waals surface area (Å²) in [5.74, 6) is 0. The summed E-state index contributed by atoms with van der Waals surface area (Å²) < 4.78 is 0. The van der Waals surface area contributed by atoms with Gasteiger partial charge in [0.15, 0.2) is 0 Å². The van der Waals surface area contributed by atoms with E-state index in [0.29, 0.717) is 0 Å². The van der Waals surface area contributed by atoms with E-state index in [4.69, 9.17) is 0 Å². The van der Waals surface area contributed by atoms with E-state index in [1.807, 2.05) is 6.08 Å². The van der Waals surface area contributed by atoms with Crippen LogP contribution < -0.4 is 0 Å². The first-order valence-corrected chi connectivity index (χ1v) is 6.87. The Balaban J connectivity index is 3.01. The van der Waals surface area contributed by atoms with E-state index in [-0.39, 0.29) is 0 Å². The summed E-state index contributed by atoms with van der Waals surface area (Å²) in [7, 11) is 0. The van der Waals surface area contributed by atoms with Crippen molar-refractivity contribution in [1.82, 2.24) is 0 Å². The Bertz CT molecular complexity index is 155. The Kier molecular flexibility index (Phi) is 9.71. The summed E-state index contributed by atoms with van der Waals surface area (Å²) >= 11 is 0. The molecule has 0 heterocycles. The van der Waals surface area contributed by atoms with E-state index in [9.17, 15) is 5.11 Å². The van der Waals surface area contributed by atoms with Crippen molar-refractivity contribution in [2.75, 3.05) is 0 Å². The van der Waals surface area contributed by atoms with Gasteiger partial charge in [0.05, 0.1) is 5.60 Å². The van der Waals surface area contributed by atoms with Gasteiger partial charge in [0, 0.05) is 0 Å². The van der Waals surface area contributed by atoms with E-state index < -0.39 is 5.60 Å². The number of hydrogen-bond donors (Lipinski definition) is 0. The maximum Gasteiger partial charge on any atom is 0.0980 e. The first-order valence-electron chi connectivity index (χ1n) is 6.87. The Labute approximate surface area is 102 Å². The average molecular weight is 225 g/mol. The molecular weight excluding hydrogens is 196 g/mol. The van der Waals surface area contributed by atoms with Crippen LogP contribution in [0.25, 0.3) is 0 Å². The molecule has 0 fully saturated rings. The molecular formula is C15H29O. The van der Waals surface area contributed by atoms with Crippen LogP contribution >= 0.6 is 0 Å². The predicted octanol–water partition coefficient (Wildman–Crippen LogP) is 5.28. The summed E-state index contributed by atoms with van der Waals surface area (Å²) in [5.41, 5.74) is -0.718. The van der Waals surface area contributed by atoms with Crippen LogP contribution in [-0.4, -0.2) is 5.60 Å². The zero-order valence-electron chi connectivity index (χ0n) is 11.3. The van der Waals surface area contributed by atoms with Crippen molar-refractivity contribution in [2.24, 2.45) is 0 Å². The molecule has 0 aliphatic carbocycles. The lowest BCUT2D eigenvalue weighted by molar-refractivity contribution is -0.00511. The van der Waals surface area contributed by atoms with Gasteiger partial charge in [-0.2, -0.15) is 0 Å². The Morgan fingerprint density at radius 1 is 0.875 bits per heavy atom. The van der Waals surface area contributed by atoms with Gasteiger partial charge in [0.1, 0.15) is 0 Å². The maximum absolute atomic E-state index is 11.3. The highest BCUT2D eigenvalue weighted by Gasteiger charge is 2.13. The van der Waals surface area contributed by atoms with Gasteiger partial charge in [-0.05, 0) is 33.1 Å². The molecule has 0 aromatic rings. The molecule has 0 aromatic carbocycles. The maximum atomic E-state index is 11.3. The lowest BCUT2D eigenvalue weighted by Gasteiger charge is -2.13. The Morgan fingerprint density at radius 3 is 1.75 bits per heavy atom. The number of rotatable bonds is 11. The second kappa shape index (κ2) is 9.89. The van der Waals surface area contributed by atoms with Gasteiger partial charge in [-0.3, -0.25) is 0 Å². The van der Waals surface area contributed by atoms with Crippen molar-refractivity contribution in [2.45, 2.75) is 83.7 Å². The molecule has 0 atom stereocenters. The van der Waals surface area contributed by atoms with Crippen LogP contribution in [0.2, 0.25) is 0 Å². The van der Waals surface area contributed by atoms with Gasteiger partial charge in [0.2, 0.25) is 0 Å². The lowest BCUT2D eigenvalue weighted by Crippen LogP contribution is -2.15. The van der Waals surface area contributed by atoms with Crippen molar-refractivity contribution in [1.29, 1.82) is 0 Å². The summed E-state index contributed by atoms with van der Waals surface area (Å²) in [6.45, 7) is 7.29. The van der Waals surface area contributed by atoms with Crippen LogP contribution in [0.5, 0.6) is 0 Å². The van der Waals surface area contributed by atoms with Crippen LogP contribution in [0.1, 0.15) is 78.1 Å². The first kappa shape index (κ1) is 15.7. The Hall–Kier alpha value is -0.300. The molecule has 0 unspecified atom stereocenters. The van der Waals surface area contributed by atoms with Crippen molar-refractivity contribution < 1.29 is 5.11 Å². The van der Waals surface area contributed by atoms with E-state index in [2.05, 4.69) is 6.58 Å². The molecule has 0 saturated heterocycles. The molecule has 1 nitrogen and oxygen atoms in total. The van der Waals surface area contributed by atoms with Gasteiger partial charge < -0.3 is 0 Å². The molecule has 0 N–H and O–H groups in total. The number of allylic oxidation sites excluding steroid dienone is 1. The Morgan fingerprint density at radius 2 is 1.31 bits per heavy atom. The van der Waals surface area contributed by atoms with Crippen LogP contribution in [0, 0.1) is 0 Å². The summed E-state index contributed by atoms with van der Waals surface area (Å²) in [6.07, 6.45) is 14.3. The fraction of sp³-hybridized carbons (Fsp3) is 0.867. The van der Waals surface area contributed by atoms with Crippen LogP contribution in [0.4, 0.5) is 0 Å². The third-order valence-corrected chi connectivity index (χ3v) is 2.94. The highest BCUT2D eigenvalue weighted by molar-refractivity contribution is 4.65. The van der Waals surface area contributed by atoms with Crippen molar-refractivity contribution in [3.05, 3.63) is 12.7 Å². The standard InChI is InChI=1S/C15H29O/c1-4-5-6-7-8-9-10-11-12-13-14-15(2,3)16/h4H,1,5-14H2,2-3H3. The molecule has 0 amide bonds. The topological polar surface area (TPSA) is 19.9 Å². The molecule has 1 radical (unpaired) electrons. The molecule has 95 valence electrons. The second-order valence-corrected chi connectivity index (χ2v) is 5.42. The third kappa shape index (κ3) is 13.7. The van der Waals surface area contributed by atoms with E-state index >= 15 is 0 Å². The van der Waals surface area contributed by atoms with Gasteiger partial charge in [-0.15, -0.1) is 6.58 Å². The van der Waals surface area contributed by atoms with Gasteiger partial charge in [0.25, 0.3) is 0 Å². The minimum absolute atomic E-state index is 0.718. The second-order valence-electron chi connectivity index (χ2n) is 5.42. The zero-order valence-corrected chi connectivity index (χ0v) is 11.3. The summed E-state index contributed by atoms with van der Waals surface area (Å²) in [6, 6.07) is 0. The van der Waals surface area contributed by atoms with Gasteiger partial charge in [-0.25, -0.2) is 5.11 Å². The fourth-order valence-electron chi connectivity index (χ4n) is 1.90. The molecule has 0 aromatic heterocycles. The molecule has 1 heteroatoms. The highest BCUT2D eigenvalue weighted by Crippen LogP contribution is 2.16. The van der Waals surface area contributed by atoms with Gasteiger partial charge >= 0.3 is 0 Å². The summed E-state index contributed by atoms with van der Waals surface area (Å²) in [4.78, 5) is 0. The van der Waals surface area contributed by atoms with Gasteiger partial charge in [-0.1, -0.05) is 51.0 Å². The molecule has 0 saturated carbocycles. The van der Waals surface area contributed by atoms with Crippen LogP contribution in [0.15, 0.2) is 12.7 Å². The fourth-order valence-corrected chi connectivity index (χ4v) is 1.90. The third-order valence-electron chi connectivity index (χ3n) is 2.94. The minimum Gasteiger partial charge on any atom is -0.230 e. The number of hydrogen-bond acceptors (Lipinski definition) is 0. The van der Waals surface area contributed by atoms with Crippen molar-refractivity contribution >= 4 is 0 Å². The average Bonchev–Trinajstić information content (AvgIpc) is 2.19. The van der Waals surface area contributed by atoms with Crippen LogP contribution in [0.3, 0.4) is 0 Å². The predicted molar refractivity (Wildman–Crippen MR) is 71.1 cm³/mol. The lowest BCUT2D eigenvalue weighted by atomic mass is 9.99. The SMILES string of the molecule is C=CCCCCCCCCCCC(C)(C)[O]. The normalized spacial score (nSPS) is 11.7.